The highest BCUT2D eigenvalue weighted by molar-refractivity contribution is 5.89. The number of benzene rings is 1. The molecule has 1 fully saturated rings. The van der Waals surface area contributed by atoms with E-state index >= 15 is 0 Å². The summed E-state index contributed by atoms with van der Waals surface area (Å²) < 4.78 is 45.9. The van der Waals surface area contributed by atoms with Gasteiger partial charge in [-0.15, -0.1) is 13.2 Å². The first-order valence-electron chi connectivity index (χ1n) is 8.35. The third-order valence-electron chi connectivity index (χ3n) is 4.03. The second-order valence-corrected chi connectivity index (χ2v) is 6.20. The van der Waals surface area contributed by atoms with Crippen molar-refractivity contribution in [3.05, 3.63) is 41.8 Å². The summed E-state index contributed by atoms with van der Waals surface area (Å²) in [6.07, 6.45) is -4.78. The maximum atomic E-state index is 12.3. The van der Waals surface area contributed by atoms with Crippen LogP contribution >= 0.6 is 0 Å². The quantitative estimate of drug-likeness (QED) is 0.876. The Hall–Kier alpha value is -2.75. The number of urea groups is 1. The Bertz CT molecular complexity index is 786. The Morgan fingerprint density at radius 2 is 2.00 bits per heavy atom. The fourth-order valence-electron chi connectivity index (χ4n) is 2.79. The number of aromatic nitrogens is 1. The third-order valence-corrected chi connectivity index (χ3v) is 4.03. The van der Waals surface area contributed by atoms with Gasteiger partial charge in [-0.1, -0.05) is 11.2 Å². The van der Waals surface area contributed by atoms with Crippen LogP contribution in [0.3, 0.4) is 0 Å². The summed E-state index contributed by atoms with van der Waals surface area (Å²) in [6, 6.07) is 6.70. The van der Waals surface area contributed by atoms with Crippen LogP contribution in [0.1, 0.15) is 11.5 Å². The fourth-order valence-corrected chi connectivity index (χ4v) is 2.79. The minimum absolute atomic E-state index is 0.237. The van der Waals surface area contributed by atoms with Crippen LogP contribution in [-0.4, -0.2) is 53.5 Å². The molecule has 1 saturated heterocycles. The van der Waals surface area contributed by atoms with E-state index in [1.807, 2.05) is 13.0 Å². The average molecular weight is 384 g/mol. The molecule has 146 valence electrons. The van der Waals surface area contributed by atoms with Gasteiger partial charge in [0.1, 0.15) is 5.75 Å². The van der Waals surface area contributed by atoms with Crippen molar-refractivity contribution in [2.75, 3.05) is 31.5 Å². The van der Waals surface area contributed by atoms with Crippen LogP contribution < -0.4 is 10.1 Å². The second kappa shape index (κ2) is 7.87. The zero-order valence-electron chi connectivity index (χ0n) is 14.6. The topological polar surface area (TPSA) is 70.8 Å². The highest BCUT2D eigenvalue weighted by Crippen LogP contribution is 2.25. The highest BCUT2D eigenvalue weighted by atomic mass is 19.4. The van der Waals surface area contributed by atoms with Crippen molar-refractivity contribution < 1.29 is 27.2 Å². The van der Waals surface area contributed by atoms with E-state index in [2.05, 4.69) is 20.1 Å². The van der Waals surface area contributed by atoms with Crippen LogP contribution in [0, 0.1) is 6.92 Å². The molecule has 0 radical (unpaired) electrons. The van der Waals surface area contributed by atoms with Gasteiger partial charge in [0.2, 0.25) is 0 Å². The molecule has 2 amide bonds. The molecule has 1 aliphatic rings. The van der Waals surface area contributed by atoms with Gasteiger partial charge in [0, 0.05) is 44.0 Å². The van der Waals surface area contributed by atoms with Crippen LogP contribution in [0.15, 0.2) is 34.9 Å². The van der Waals surface area contributed by atoms with Gasteiger partial charge >= 0.3 is 12.4 Å². The van der Waals surface area contributed by atoms with E-state index in [9.17, 15) is 18.0 Å². The summed E-state index contributed by atoms with van der Waals surface area (Å²) in [5, 5.41) is 6.44. The number of aryl methyl sites for hydroxylation is 1. The van der Waals surface area contributed by atoms with E-state index in [-0.39, 0.29) is 17.5 Å². The molecule has 1 N–H and O–H groups in total. The van der Waals surface area contributed by atoms with E-state index in [0.717, 1.165) is 17.5 Å². The lowest BCUT2D eigenvalue weighted by Crippen LogP contribution is -2.49. The number of hydrogen-bond acceptors (Lipinski definition) is 5. The molecular formula is C17H19F3N4O3. The Kier molecular flexibility index (Phi) is 5.54. The van der Waals surface area contributed by atoms with Crippen molar-refractivity contribution >= 4 is 11.7 Å². The standard InChI is InChI=1S/C17H19F3N4O3/c1-12-9-15(27-22-12)11-23-5-7-24(8-6-23)16(25)21-13-3-2-4-14(10-13)26-17(18,19)20/h2-4,9-10H,5-8,11H2,1H3,(H,21,25). The lowest BCUT2D eigenvalue weighted by molar-refractivity contribution is -0.274. The number of nitrogens with zero attached hydrogens (tertiary/aromatic N) is 3. The predicted octanol–water partition coefficient (Wildman–Crippen LogP) is 3.23. The van der Waals surface area contributed by atoms with Crippen molar-refractivity contribution in [2.45, 2.75) is 19.8 Å². The maximum Gasteiger partial charge on any atom is 0.573 e. The zero-order valence-corrected chi connectivity index (χ0v) is 14.6. The van der Waals surface area contributed by atoms with Crippen LogP contribution in [0.25, 0.3) is 0 Å². The van der Waals surface area contributed by atoms with Crippen LogP contribution in [0.2, 0.25) is 0 Å². The maximum absolute atomic E-state index is 12.3. The van der Waals surface area contributed by atoms with E-state index in [0.29, 0.717) is 32.7 Å². The molecule has 1 aromatic carbocycles. The number of nitrogens with one attached hydrogen (secondary N) is 1. The van der Waals surface area contributed by atoms with E-state index in [4.69, 9.17) is 4.52 Å². The number of carbonyl (C=O) groups is 1. The molecule has 1 aromatic heterocycles. The number of amides is 2. The lowest BCUT2D eigenvalue weighted by atomic mass is 10.3. The molecule has 1 aliphatic heterocycles. The summed E-state index contributed by atoms with van der Waals surface area (Å²) in [5.41, 5.74) is 1.06. The SMILES string of the molecule is Cc1cc(CN2CCN(C(=O)Nc3cccc(OC(F)(F)F)c3)CC2)on1. The zero-order chi connectivity index (χ0) is 19.4. The molecule has 2 heterocycles. The lowest BCUT2D eigenvalue weighted by Gasteiger charge is -2.34. The average Bonchev–Trinajstić information content (AvgIpc) is 2.99. The first-order valence-corrected chi connectivity index (χ1v) is 8.35. The normalized spacial score (nSPS) is 15.6. The summed E-state index contributed by atoms with van der Waals surface area (Å²) in [6.45, 7) is 4.78. The molecule has 0 aliphatic carbocycles. The molecule has 0 bridgehead atoms. The van der Waals surface area contributed by atoms with E-state index < -0.39 is 6.36 Å². The molecule has 0 saturated carbocycles. The molecule has 0 atom stereocenters. The molecule has 0 spiro atoms. The highest BCUT2D eigenvalue weighted by Gasteiger charge is 2.31. The van der Waals surface area contributed by atoms with Gasteiger partial charge in [-0.3, -0.25) is 4.90 Å². The van der Waals surface area contributed by atoms with Crippen molar-refractivity contribution in [3.8, 4) is 5.75 Å². The van der Waals surface area contributed by atoms with Gasteiger partial charge in [-0.05, 0) is 19.1 Å². The molecule has 0 unspecified atom stereocenters. The molecule has 3 rings (SSSR count). The third kappa shape index (κ3) is 5.61. The van der Waals surface area contributed by atoms with Crippen molar-refractivity contribution in [1.29, 1.82) is 0 Å². The molecule has 10 heteroatoms. The smallest absolute Gasteiger partial charge is 0.406 e. The number of halogens is 3. The molecule has 7 nitrogen and oxygen atoms in total. The summed E-state index contributed by atoms with van der Waals surface area (Å²) in [4.78, 5) is 16.1. The monoisotopic (exact) mass is 384 g/mol. The second-order valence-electron chi connectivity index (χ2n) is 6.20. The first kappa shape index (κ1) is 19.0. The number of rotatable bonds is 4. The van der Waals surface area contributed by atoms with Gasteiger partial charge in [-0.25, -0.2) is 4.79 Å². The van der Waals surface area contributed by atoms with E-state index in [1.165, 1.54) is 18.2 Å². The predicted molar refractivity (Wildman–Crippen MR) is 90.2 cm³/mol. The molecule has 2 aromatic rings. The van der Waals surface area contributed by atoms with Gasteiger partial charge in [0.15, 0.2) is 5.76 Å². The Labute approximate surface area is 153 Å². The minimum Gasteiger partial charge on any atom is -0.406 e. The van der Waals surface area contributed by atoms with Gasteiger partial charge in [-0.2, -0.15) is 0 Å². The Morgan fingerprint density at radius 1 is 1.26 bits per heavy atom. The van der Waals surface area contributed by atoms with E-state index in [1.54, 1.807) is 4.90 Å². The van der Waals surface area contributed by atoms with Crippen molar-refractivity contribution in [3.63, 3.8) is 0 Å². The Morgan fingerprint density at radius 3 is 2.63 bits per heavy atom. The van der Waals surface area contributed by atoms with Crippen LogP contribution in [-0.2, 0) is 6.54 Å². The van der Waals surface area contributed by atoms with Crippen LogP contribution in [0.4, 0.5) is 23.7 Å². The number of ether oxygens (including phenoxy) is 1. The number of anilines is 1. The number of hydrogen-bond donors (Lipinski definition) is 1. The minimum atomic E-state index is -4.78. The fraction of sp³-hybridized carbons (Fsp3) is 0.412. The van der Waals surface area contributed by atoms with Crippen LogP contribution in [0.5, 0.6) is 5.75 Å². The molecule has 27 heavy (non-hydrogen) atoms. The summed E-state index contributed by atoms with van der Waals surface area (Å²) in [7, 11) is 0. The van der Waals surface area contributed by atoms with Gasteiger partial charge < -0.3 is 19.5 Å². The van der Waals surface area contributed by atoms with Crippen molar-refractivity contribution in [2.24, 2.45) is 0 Å². The largest absolute Gasteiger partial charge is 0.573 e. The summed E-state index contributed by atoms with van der Waals surface area (Å²) in [5.74, 6) is 0.388. The number of piperazine rings is 1. The number of carbonyl (C=O) groups excluding carboxylic acids is 1. The van der Waals surface area contributed by atoms with Crippen molar-refractivity contribution in [1.82, 2.24) is 15.0 Å². The van der Waals surface area contributed by atoms with Gasteiger partial charge in [0.25, 0.3) is 0 Å². The number of alkyl halides is 3. The molecular weight excluding hydrogens is 365 g/mol. The first-order chi connectivity index (χ1) is 12.8. The Balaban J connectivity index is 1.50. The summed E-state index contributed by atoms with van der Waals surface area (Å²) >= 11 is 0. The van der Waals surface area contributed by atoms with Gasteiger partial charge in [0.05, 0.1) is 12.2 Å².